The van der Waals surface area contributed by atoms with Gasteiger partial charge in [0, 0.05) is 24.4 Å². The van der Waals surface area contributed by atoms with Crippen molar-refractivity contribution >= 4 is 29.6 Å². The highest BCUT2D eigenvalue weighted by Crippen LogP contribution is 2.12. The van der Waals surface area contributed by atoms with E-state index in [0.29, 0.717) is 29.9 Å². The summed E-state index contributed by atoms with van der Waals surface area (Å²) in [6, 6.07) is 5.19. The molecule has 0 fully saturated rings. The molecule has 5 nitrogen and oxygen atoms in total. The van der Waals surface area contributed by atoms with Crippen LogP contribution in [0.15, 0.2) is 23.0 Å². The molecule has 0 radical (unpaired) electrons. The number of aryl methyl sites for hydroxylation is 1. The molecule has 1 heterocycles. The van der Waals surface area contributed by atoms with Crippen LogP contribution < -0.4 is 11.0 Å². The van der Waals surface area contributed by atoms with Gasteiger partial charge in [0.25, 0.3) is 5.91 Å². The van der Waals surface area contributed by atoms with Gasteiger partial charge >= 0.3 is 5.69 Å². The number of imidazole rings is 1. The van der Waals surface area contributed by atoms with Gasteiger partial charge < -0.3 is 10.3 Å². The van der Waals surface area contributed by atoms with Gasteiger partial charge in [0.05, 0.1) is 11.0 Å². The summed E-state index contributed by atoms with van der Waals surface area (Å²) >= 11 is 4.03. The van der Waals surface area contributed by atoms with Crippen LogP contribution in [0.25, 0.3) is 11.0 Å². The number of hydrogen-bond donors (Lipinski definition) is 3. The summed E-state index contributed by atoms with van der Waals surface area (Å²) in [6.07, 6.45) is 0. The molecule has 0 spiro atoms. The first-order valence-corrected chi connectivity index (χ1v) is 6.42. The Bertz CT molecular complexity index is 630. The van der Waals surface area contributed by atoms with Gasteiger partial charge in [-0.3, -0.25) is 9.36 Å². The second-order valence-corrected chi connectivity index (χ2v) is 4.33. The van der Waals surface area contributed by atoms with Crippen molar-refractivity contribution in [2.45, 2.75) is 13.5 Å². The average molecular weight is 265 g/mol. The van der Waals surface area contributed by atoms with Gasteiger partial charge in [-0.2, -0.15) is 12.6 Å². The first-order valence-electron chi connectivity index (χ1n) is 5.79. The summed E-state index contributed by atoms with van der Waals surface area (Å²) in [4.78, 5) is 26.1. The lowest BCUT2D eigenvalue weighted by Gasteiger charge is -2.03. The molecule has 1 aromatic heterocycles. The van der Waals surface area contributed by atoms with E-state index in [1.807, 2.05) is 6.92 Å². The summed E-state index contributed by atoms with van der Waals surface area (Å²) in [7, 11) is 0. The quantitative estimate of drug-likeness (QED) is 0.722. The maximum absolute atomic E-state index is 11.8. The van der Waals surface area contributed by atoms with Crippen LogP contribution in [-0.2, 0) is 6.54 Å². The van der Waals surface area contributed by atoms with Gasteiger partial charge in [0.15, 0.2) is 0 Å². The molecule has 0 aliphatic rings. The minimum Gasteiger partial charge on any atom is -0.351 e. The second kappa shape index (κ2) is 5.30. The number of amides is 1. The van der Waals surface area contributed by atoms with Gasteiger partial charge in [-0.05, 0) is 25.1 Å². The topological polar surface area (TPSA) is 66.9 Å². The number of aromatic amines is 1. The number of rotatable bonds is 4. The summed E-state index contributed by atoms with van der Waals surface area (Å²) < 4.78 is 1.63. The highest BCUT2D eigenvalue weighted by Gasteiger charge is 2.09. The van der Waals surface area contributed by atoms with Crippen molar-refractivity contribution in [2.24, 2.45) is 0 Å². The molecule has 0 bridgehead atoms. The number of fused-ring (bicyclic) bond motifs is 1. The molecule has 0 aliphatic carbocycles. The van der Waals surface area contributed by atoms with Crippen molar-refractivity contribution in [3.05, 3.63) is 34.2 Å². The predicted octanol–water partition coefficient (Wildman–Crippen LogP) is 1.01. The van der Waals surface area contributed by atoms with Gasteiger partial charge in [-0.25, -0.2) is 4.79 Å². The van der Waals surface area contributed by atoms with E-state index in [1.54, 1.807) is 22.8 Å². The van der Waals surface area contributed by atoms with E-state index in [-0.39, 0.29) is 11.6 Å². The molecule has 0 saturated carbocycles. The molecule has 0 unspecified atom stereocenters. The van der Waals surface area contributed by atoms with Crippen molar-refractivity contribution in [1.29, 1.82) is 0 Å². The van der Waals surface area contributed by atoms with Gasteiger partial charge in [0.1, 0.15) is 0 Å². The number of nitrogens with zero attached hydrogens (tertiary/aromatic N) is 1. The number of benzene rings is 1. The molecule has 0 atom stereocenters. The number of carbonyl (C=O) groups excluding carboxylic acids is 1. The Morgan fingerprint density at radius 2 is 2.28 bits per heavy atom. The molecule has 2 aromatic rings. The molecular weight excluding hydrogens is 250 g/mol. The number of aromatic nitrogens is 2. The number of hydrogen-bond acceptors (Lipinski definition) is 3. The zero-order chi connectivity index (χ0) is 13.1. The number of carbonyl (C=O) groups is 1. The molecule has 1 amide bonds. The van der Waals surface area contributed by atoms with Crippen molar-refractivity contribution in [2.75, 3.05) is 12.3 Å². The van der Waals surface area contributed by atoms with E-state index >= 15 is 0 Å². The summed E-state index contributed by atoms with van der Waals surface area (Å²) in [5.41, 5.74) is 1.88. The second-order valence-electron chi connectivity index (χ2n) is 3.89. The van der Waals surface area contributed by atoms with E-state index in [1.165, 1.54) is 0 Å². The Morgan fingerprint density at radius 1 is 1.50 bits per heavy atom. The molecule has 96 valence electrons. The van der Waals surface area contributed by atoms with Crippen LogP contribution in [0.4, 0.5) is 0 Å². The molecule has 1 aromatic carbocycles. The van der Waals surface area contributed by atoms with Crippen LogP contribution >= 0.6 is 12.6 Å². The standard InChI is InChI=1S/C12H15N3O2S/c1-2-15-10-4-3-8(11(16)13-5-6-18)7-9(10)14-12(15)17/h3-4,7,18H,2,5-6H2,1H3,(H,13,16)(H,14,17). The Labute approximate surface area is 110 Å². The molecule has 2 N–H and O–H groups in total. The van der Waals surface area contributed by atoms with E-state index in [4.69, 9.17) is 0 Å². The Morgan fingerprint density at radius 3 is 2.94 bits per heavy atom. The third-order valence-electron chi connectivity index (χ3n) is 2.75. The monoisotopic (exact) mass is 265 g/mol. The van der Waals surface area contributed by atoms with Crippen LogP contribution in [0.5, 0.6) is 0 Å². The van der Waals surface area contributed by atoms with E-state index in [9.17, 15) is 9.59 Å². The molecule has 18 heavy (non-hydrogen) atoms. The minimum absolute atomic E-state index is 0.152. The summed E-state index contributed by atoms with van der Waals surface area (Å²) in [6.45, 7) is 3.03. The predicted molar refractivity (Wildman–Crippen MR) is 74.4 cm³/mol. The lowest BCUT2D eigenvalue weighted by atomic mass is 10.2. The number of nitrogens with one attached hydrogen (secondary N) is 2. The summed E-state index contributed by atoms with van der Waals surface area (Å²) in [5.74, 6) is 0.438. The number of H-pyrrole nitrogens is 1. The van der Waals surface area contributed by atoms with Crippen molar-refractivity contribution in [1.82, 2.24) is 14.9 Å². The van der Waals surface area contributed by atoms with Crippen molar-refractivity contribution < 1.29 is 4.79 Å². The van der Waals surface area contributed by atoms with Crippen LogP contribution in [0.3, 0.4) is 0 Å². The largest absolute Gasteiger partial charge is 0.351 e. The normalized spacial score (nSPS) is 10.8. The fourth-order valence-corrected chi connectivity index (χ4v) is 2.00. The van der Waals surface area contributed by atoms with Crippen molar-refractivity contribution in [3.8, 4) is 0 Å². The first-order chi connectivity index (χ1) is 8.67. The van der Waals surface area contributed by atoms with E-state index < -0.39 is 0 Å². The molecule has 6 heteroatoms. The van der Waals surface area contributed by atoms with Gasteiger partial charge in [0.2, 0.25) is 0 Å². The maximum atomic E-state index is 11.8. The Kier molecular flexibility index (Phi) is 3.76. The molecule has 0 saturated heterocycles. The third kappa shape index (κ3) is 2.28. The van der Waals surface area contributed by atoms with Crippen LogP contribution in [0.2, 0.25) is 0 Å². The average Bonchev–Trinajstić information content (AvgIpc) is 2.69. The fourth-order valence-electron chi connectivity index (χ4n) is 1.89. The van der Waals surface area contributed by atoms with Crippen LogP contribution in [0.1, 0.15) is 17.3 Å². The third-order valence-corrected chi connectivity index (χ3v) is 2.97. The minimum atomic E-state index is -0.156. The van der Waals surface area contributed by atoms with Crippen molar-refractivity contribution in [3.63, 3.8) is 0 Å². The lowest BCUT2D eigenvalue weighted by Crippen LogP contribution is -2.25. The summed E-state index contributed by atoms with van der Waals surface area (Å²) in [5, 5.41) is 2.73. The SMILES string of the molecule is CCn1c(=O)[nH]c2cc(C(=O)NCCS)ccc21. The van der Waals surface area contributed by atoms with Gasteiger partial charge in [-0.15, -0.1) is 0 Å². The molecular formula is C12H15N3O2S. The smallest absolute Gasteiger partial charge is 0.326 e. The molecule has 0 aliphatic heterocycles. The van der Waals surface area contributed by atoms with E-state index in [2.05, 4.69) is 22.9 Å². The molecule has 2 rings (SSSR count). The zero-order valence-electron chi connectivity index (χ0n) is 10.1. The zero-order valence-corrected chi connectivity index (χ0v) is 11.0. The highest BCUT2D eigenvalue weighted by molar-refractivity contribution is 7.80. The maximum Gasteiger partial charge on any atom is 0.326 e. The Balaban J connectivity index is 2.39. The fraction of sp³-hybridized carbons (Fsp3) is 0.333. The lowest BCUT2D eigenvalue weighted by molar-refractivity contribution is 0.0956. The Hall–Kier alpha value is -1.69. The van der Waals surface area contributed by atoms with Crippen LogP contribution in [0, 0.1) is 0 Å². The van der Waals surface area contributed by atoms with E-state index in [0.717, 1.165) is 5.52 Å². The highest BCUT2D eigenvalue weighted by atomic mass is 32.1. The number of thiol groups is 1. The van der Waals surface area contributed by atoms with Crippen LogP contribution in [-0.4, -0.2) is 27.8 Å². The van der Waals surface area contributed by atoms with Gasteiger partial charge in [-0.1, -0.05) is 0 Å². The first kappa shape index (κ1) is 12.8.